The Morgan fingerprint density at radius 3 is 2.70 bits per heavy atom. The van der Waals surface area contributed by atoms with Gasteiger partial charge in [-0.25, -0.2) is 0 Å². The van der Waals surface area contributed by atoms with Crippen molar-refractivity contribution in [2.45, 2.75) is 18.8 Å². The number of hydrogen-bond donors (Lipinski definition) is 0. The summed E-state index contributed by atoms with van der Waals surface area (Å²) >= 11 is 3.36. The van der Waals surface area contributed by atoms with Gasteiger partial charge >= 0.3 is 0 Å². The highest BCUT2D eigenvalue weighted by Crippen LogP contribution is 2.39. The molecule has 1 radical (unpaired) electrons. The predicted molar refractivity (Wildman–Crippen MR) is 45.0 cm³/mol. The number of benzene rings is 1. The van der Waals surface area contributed by atoms with Crippen LogP contribution in [0.2, 0.25) is 0 Å². The monoisotopic (exact) mass is 195 g/mol. The third-order valence-corrected chi connectivity index (χ3v) is 2.34. The summed E-state index contributed by atoms with van der Waals surface area (Å²) in [6.07, 6.45) is 2.74. The maximum Gasteiger partial charge on any atom is 0.0254 e. The van der Waals surface area contributed by atoms with E-state index < -0.39 is 0 Å². The maximum atomic E-state index is 3.36. The standard InChI is InChI=1S/C9H8Br/c10-9-5-3-8(4-6-9)7-1-2-7/h3-5,7H,1-2H2. The highest BCUT2D eigenvalue weighted by Gasteiger charge is 2.22. The summed E-state index contributed by atoms with van der Waals surface area (Å²) in [5.74, 6) is 0.851. The quantitative estimate of drug-likeness (QED) is 0.647. The van der Waals surface area contributed by atoms with Crippen LogP contribution in [0.15, 0.2) is 22.7 Å². The average molecular weight is 196 g/mol. The fourth-order valence-electron chi connectivity index (χ4n) is 1.09. The highest BCUT2D eigenvalue weighted by atomic mass is 79.9. The summed E-state index contributed by atoms with van der Waals surface area (Å²) in [7, 11) is 0. The number of rotatable bonds is 1. The van der Waals surface area contributed by atoms with E-state index in [1.54, 1.807) is 0 Å². The normalized spacial score (nSPS) is 17.3. The zero-order valence-electron chi connectivity index (χ0n) is 5.60. The Morgan fingerprint density at radius 1 is 1.40 bits per heavy atom. The second-order valence-corrected chi connectivity index (χ2v) is 3.60. The fraction of sp³-hybridized carbons (Fsp3) is 0.333. The third-order valence-electron chi connectivity index (χ3n) is 1.85. The largest absolute Gasteiger partial charge is 0.0576 e. The maximum absolute atomic E-state index is 3.36. The van der Waals surface area contributed by atoms with Crippen LogP contribution in [0.4, 0.5) is 0 Å². The Balaban J connectivity index is 2.28. The first-order valence-electron chi connectivity index (χ1n) is 3.53. The molecule has 0 unspecified atom stereocenters. The van der Waals surface area contributed by atoms with Crippen molar-refractivity contribution in [2.24, 2.45) is 0 Å². The molecule has 0 amide bonds. The summed E-state index contributed by atoms with van der Waals surface area (Å²) < 4.78 is 1.05. The van der Waals surface area contributed by atoms with Crippen molar-refractivity contribution >= 4 is 15.9 Å². The summed E-state index contributed by atoms with van der Waals surface area (Å²) in [5.41, 5.74) is 1.45. The Bertz CT molecular complexity index is 221. The van der Waals surface area contributed by atoms with E-state index in [2.05, 4.69) is 40.2 Å². The van der Waals surface area contributed by atoms with E-state index in [-0.39, 0.29) is 0 Å². The molecule has 0 saturated heterocycles. The van der Waals surface area contributed by atoms with Crippen molar-refractivity contribution in [3.63, 3.8) is 0 Å². The van der Waals surface area contributed by atoms with Gasteiger partial charge in [-0.15, -0.1) is 0 Å². The molecule has 0 spiro atoms. The molecule has 2 rings (SSSR count). The van der Waals surface area contributed by atoms with Gasteiger partial charge < -0.3 is 0 Å². The zero-order valence-corrected chi connectivity index (χ0v) is 7.19. The fourth-order valence-corrected chi connectivity index (χ4v) is 1.34. The van der Waals surface area contributed by atoms with Crippen molar-refractivity contribution in [3.8, 4) is 0 Å². The minimum Gasteiger partial charge on any atom is -0.0576 e. The van der Waals surface area contributed by atoms with E-state index in [0.717, 1.165) is 10.4 Å². The smallest absolute Gasteiger partial charge is 0.0254 e. The molecule has 1 aromatic rings. The van der Waals surface area contributed by atoms with Crippen LogP contribution in [0.3, 0.4) is 0 Å². The molecule has 0 N–H and O–H groups in total. The summed E-state index contributed by atoms with van der Waals surface area (Å²) in [4.78, 5) is 0. The van der Waals surface area contributed by atoms with Crippen LogP contribution in [0.1, 0.15) is 24.3 Å². The van der Waals surface area contributed by atoms with Gasteiger partial charge in [0.05, 0.1) is 0 Å². The van der Waals surface area contributed by atoms with Gasteiger partial charge in [0.1, 0.15) is 0 Å². The van der Waals surface area contributed by atoms with Crippen molar-refractivity contribution < 1.29 is 0 Å². The van der Waals surface area contributed by atoms with Gasteiger partial charge in [-0.2, -0.15) is 0 Å². The lowest BCUT2D eigenvalue weighted by Gasteiger charge is -1.94. The van der Waals surface area contributed by atoms with Crippen LogP contribution in [0.25, 0.3) is 0 Å². The first-order valence-corrected chi connectivity index (χ1v) is 4.33. The Morgan fingerprint density at radius 2 is 2.20 bits per heavy atom. The summed E-state index contributed by atoms with van der Waals surface area (Å²) in [6.45, 7) is 0. The van der Waals surface area contributed by atoms with Gasteiger partial charge in [-0.1, -0.05) is 22.0 Å². The van der Waals surface area contributed by atoms with Crippen molar-refractivity contribution in [1.29, 1.82) is 0 Å². The molecule has 51 valence electrons. The third kappa shape index (κ3) is 1.24. The van der Waals surface area contributed by atoms with Crippen LogP contribution < -0.4 is 0 Å². The minimum absolute atomic E-state index is 0.851. The zero-order chi connectivity index (χ0) is 6.97. The Hall–Kier alpha value is -0.300. The second kappa shape index (κ2) is 2.39. The molecule has 0 aromatic heterocycles. The first-order chi connectivity index (χ1) is 4.86. The number of hydrogen-bond acceptors (Lipinski definition) is 0. The molecule has 1 heteroatoms. The van der Waals surface area contributed by atoms with E-state index in [4.69, 9.17) is 0 Å². The molecule has 0 nitrogen and oxygen atoms in total. The number of halogens is 1. The molecule has 1 saturated carbocycles. The molecule has 0 bridgehead atoms. The SMILES string of the molecule is Brc1[c]cc(C2CC2)cc1. The van der Waals surface area contributed by atoms with Crippen LogP contribution in [-0.2, 0) is 0 Å². The van der Waals surface area contributed by atoms with Gasteiger partial charge in [-0.3, -0.25) is 0 Å². The van der Waals surface area contributed by atoms with Gasteiger partial charge in [0.25, 0.3) is 0 Å². The van der Waals surface area contributed by atoms with Gasteiger partial charge in [0.15, 0.2) is 0 Å². The van der Waals surface area contributed by atoms with E-state index >= 15 is 0 Å². The van der Waals surface area contributed by atoms with E-state index in [1.165, 1.54) is 18.4 Å². The minimum atomic E-state index is 0.851. The first kappa shape index (κ1) is 6.41. The predicted octanol–water partition coefficient (Wildman–Crippen LogP) is 3.13. The molecule has 1 aliphatic carbocycles. The topological polar surface area (TPSA) is 0 Å². The van der Waals surface area contributed by atoms with Crippen LogP contribution >= 0.6 is 15.9 Å². The van der Waals surface area contributed by atoms with E-state index in [0.29, 0.717) is 0 Å². The van der Waals surface area contributed by atoms with Crippen molar-refractivity contribution in [3.05, 3.63) is 34.3 Å². The Kier molecular flexibility index (Phi) is 1.53. The van der Waals surface area contributed by atoms with Gasteiger partial charge in [0, 0.05) is 4.47 Å². The second-order valence-electron chi connectivity index (χ2n) is 2.74. The molecule has 0 aliphatic heterocycles. The summed E-state index contributed by atoms with van der Waals surface area (Å²) in [5, 5.41) is 0. The van der Waals surface area contributed by atoms with Gasteiger partial charge in [-0.05, 0) is 42.5 Å². The molecular formula is C9H8Br. The van der Waals surface area contributed by atoms with Crippen molar-refractivity contribution in [2.75, 3.05) is 0 Å². The average Bonchev–Trinajstić information content (AvgIpc) is 2.71. The lowest BCUT2D eigenvalue weighted by molar-refractivity contribution is 1.13. The summed E-state index contributed by atoms with van der Waals surface area (Å²) in [6, 6.07) is 9.46. The molecule has 10 heavy (non-hydrogen) atoms. The molecule has 1 aliphatic rings. The van der Waals surface area contributed by atoms with Crippen LogP contribution in [0, 0.1) is 6.07 Å². The Labute approximate surface area is 69.4 Å². The lowest BCUT2D eigenvalue weighted by atomic mass is 10.1. The van der Waals surface area contributed by atoms with Gasteiger partial charge in [0.2, 0.25) is 0 Å². The molecule has 0 heterocycles. The van der Waals surface area contributed by atoms with Crippen molar-refractivity contribution in [1.82, 2.24) is 0 Å². The van der Waals surface area contributed by atoms with E-state index in [9.17, 15) is 0 Å². The molecule has 1 fully saturated rings. The van der Waals surface area contributed by atoms with Crippen LogP contribution in [0.5, 0.6) is 0 Å². The molecule has 0 atom stereocenters. The van der Waals surface area contributed by atoms with Crippen LogP contribution in [-0.4, -0.2) is 0 Å². The highest BCUT2D eigenvalue weighted by molar-refractivity contribution is 9.10. The molecular weight excluding hydrogens is 188 g/mol. The lowest BCUT2D eigenvalue weighted by Crippen LogP contribution is -1.76. The van der Waals surface area contributed by atoms with E-state index in [1.807, 2.05) is 0 Å². The molecule has 1 aromatic carbocycles.